The molecule has 0 radical (unpaired) electrons. The lowest BCUT2D eigenvalue weighted by Gasteiger charge is -2.10. The van der Waals surface area contributed by atoms with E-state index in [-0.39, 0.29) is 5.97 Å². The minimum Gasteiger partial charge on any atom is -0.472 e. The Morgan fingerprint density at radius 2 is 2.43 bits per heavy atom. The zero-order valence-corrected chi connectivity index (χ0v) is 8.36. The second-order valence-corrected chi connectivity index (χ2v) is 2.84. The maximum atomic E-state index is 11.1. The van der Waals surface area contributed by atoms with Gasteiger partial charge in [-0.25, -0.2) is 4.79 Å². The van der Waals surface area contributed by atoms with Crippen LogP contribution in [0.2, 0.25) is 0 Å². The standard InChI is InChI=1S/C10H14O4/c1-3-13-10(11)8(2)14-7-9-4-5-12-6-9/h4-6,8H,3,7H2,1-2H3. The maximum Gasteiger partial charge on any atom is 0.334 e. The molecule has 1 aromatic heterocycles. The lowest BCUT2D eigenvalue weighted by Crippen LogP contribution is -2.23. The zero-order valence-electron chi connectivity index (χ0n) is 8.36. The Hall–Kier alpha value is -1.29. The van der Waals surface area contributed by atoms with Crippen LogP contribution in [-0.4, -0.2) is 18.7 Å². The number of ether oxygens (including phenoxy) is 2. The van der Waals surface area contributed by atoms with Crippen LogP contribution >= 0.6 is 0 Å². The minimum atomic E-state index is -0.537. The molecule has 0 saturated heterocycles. The first-order valence-corrected chi connectivity index (χ1v) is 4.53. The van der Waals surface area contributed by atoms with Crippen LogP contribution in [0, 0.1) is 0 Å². The van der Waals surface area contributed by atoms with E-state index >= 15 is 0 Å². The van der Waals surface area contributed by atoms with E-state index in [1.165, 1.54) is 0 Å². The Balaban J connectivity index is 2.27. The minimum absolute atomic E-state index is 0.337. The molecule has 0 spiro atoms. The van der Waals surface area contributed by atoms with Crippen molar-refractivity contribution in [3.8, 4) is 0 Å². The van der Waals surface area contributed by atoms with Crippen molar-refractivity contribution in [1.82, 2.24) is 0 Å². The number of hydrogen-bond donors (Lipinski definition) is 0. The van der Waals surface area contributed by atoms with Crippen molar-refractivity contribution in [2.24, 2.45) is 0 Å². The molecule has 14 heavy (non-hydrogen) atoms. The van der Waals surface area contributed by atoms with E-state index in [4.69, 9.17) is 13.9 Å². The molecule has 4 nitrogen and oxygen atoms in total. The summed E-state index contributed by atoms with van der Waals surface area (Å²) in [5.74, 6) is -0.337. The number of furan rings is 1. The second-order valence-electron chi connectivity index (χ2n) is 2.84. The van der Waals surface area contributed by atoms with Gasteiger partial charge in [-0.3, -0.25) is 0 Å². The lowest BCUT2D eigenvalue weighted by molar-refractivity contribution is -0.156. The molecule has 0 fully saturated rings. The summed E-state index contributed by atoms with van der Waals surface area (Å²) in [5, 5.41) is 0. The molecular formula is C10H14O4. The van der Waals surface area contributed by atoms with Crippen molar-refractivity contribution in [2.75, 3.05) is 6.61 Å². The molecule has 1 aromatic rings. The molecule has 78 valence electrons. The van der Waals surface area contributed by atoms with Crippen molar-refractivity contribution in [1.29, 1.82) is 0 Å². The fourth-order valence-electron chi connectivity index (χ4n) is 0.924. The molecule has 0 N–H and O–H groups in total. The second kappa shape index (κ2) is 5.44. The first kappa shape index (κ1) is 10.8. The third-order valence-electron chi connectivity index (χ3n) is 1.70. The van der Waals surface area contributed by atoms with Crippen molar-refractivity contribution >= 4 is 5.97 Å². The fraction of sp³-hybridized carbons (Fsp3) is 0.500. The van der Waals surface area contributed by atoms with E-state index < -0.39 is 6.10 Å². The van der Waals surface area contributed by atoms with E-state index in [2.05, 4.69) is 0 Å². The summed E-state index contributed by atoms with van der Waals surface area (Å²) in [7, 11) is 0. The van der Waals surface area contributed by atoms with Gasteiger partial charge in [-0.15, -0.1) is 0 Å². The Morgan fingerprint density at radius 1 is 1.64 bits per heavy atom. The molecule has 0 saturated carbocycles. The number of hydrogen-bond acceptors (Lipinski definition) is 4. The maximum absolute atomic E-state index is 11.1. The van der Waals surface area contributed by atoms with Crippen LogP contribution in [0.1, 0.15) is 19.4 Å². The van der Waals surface area contributed by atoms with E-state index in [0.717, 1.165) is 5.56 Å². The van der Waals surface area contributed by atoms with Gasteiger partial charge >= 0.3 is 5.97 Å². The van der Waals surface area contributed by atoms with Crippen LogP contribution in [0.25, 0.3) is 0 Å². The average molecular weight is 198 g/mol. The largest absolute Gasteiger partial charge is 0.472 e. The van der Waals surface area contributed by atoms with Gasteiger partial charge in [0.05, 0.1) is 25.7 Å². The first-order chi connectivity index (χ1) is 6.74. The summed E-state index contributed by atoms with van der Waals surface area (Å²) in [6, 6.07) is 1.79. The predicted octanol–water partition coefficient (Wildman–Crippen LogP) is 1.75. The Kier molecular flexibility index (Phi) is 4.19. The summed E-state index contributed by atoms with van der Waals surface area (Å²) in [4.78, 5) is 11.1. The Labute approximate surface area is 82.8 Å². The molecule has 0 aliphatic carbocycles. The SMILES string of the molecule is CCOC(=O)C(C)OCc1ccoc1. The van der Waals surface area contributed by atoms with Crippen LogP contribution in [0.15, 0.2) is 23.0 Å². The molecule has 1 heterocycles. The Morgan fingerprint density at radius 3 is 3.00 bits per heavy atom. The van der Waals surface area contributed by atoms with Gasteiger partial charge in [-0.1, -0.05) is 0 Å². The number of rotatable bonds is 5. The highest BCUT2D eigenvalue weighted by molar-refractivity contribution is 5.74. The van der Waals surface area contributed by atoms with Gasteiger partial charge in [0.1, 0.15) is 0 Å². The normalized spacial score (nSPS) is 12.4. The quantitative estimate of drug-likeness (QED) is 0.676. The van der Waals surface area contributed by atoms with Crippen LogP contribution < -0.4 is 0 Å². The molecular weight excluding hydrogens is 184 g/mol. The molecule has 0 aliphatic heterocycles. The van der Waals surface area contributed by atoms with E-state index in [1.807, 2.05) is 0 Å². The molecule has 0 amide bonds. The van der Waals surface area contributed by atoms with Crippen LogP contribution in [-0.2, 0) is 20.9 Å². The van der Waals surface area contributed by atoms with Crippen molar-refractivity contribution in [3.05, 3.63) is 24.2 Å². The lowest BCUT2D eigenvalue weighted by atomic mass is 10.3. The van der Waals surface area contributed by atoms with Crippen LogP contribution in [0.5, 0.6) is 0 Å². The average Bonchev–Trinajstić information content (AvgIpc) is 2.67. The van der Waals surface area contributed by atoms with Crippen molar-refractivity contribution < 1.29 is 18.7 Å². The predicted molar refractivity (Wildman–Crippen MR) is 49.6 cm³/mol. The van der Waals surface area contributed by atoms with Gasteiger partial charge < -0.3 is 13.9 Å². The van der Waals surface area contributed by atoms with E-state index in [9.17, 15) is 4.79 Å². The summed E-state index contributed by atoms with van der Waals surface area (Å²) in [6.07, 6.45) is 2.61. The van der Waals surface area contributed by atoms with Gasteiger partial charge in [0.15, 0.2) is 6.10 Å². The molecule has 1 rings (SSSR count). The highest BCUT2D eigenvalue weighted by atomic mass is 16.6. The summed E-state index contributed by atoms with van der Waals surface area (Å²) in [5.41, 5.74) is 0.904. The molecule has 0 bridgehead atoms. The monoisotopic (exact) mass is 198 g/mol. The summed E-state index contributed by atoms with van der Waals surface area (Å²) >= 11 is 0. The molecule has 1 atom stereocenters. The highest BCUT2D eigenvalue weighted by Gasteiger charge is 2.14. The van der Waals surface area contributed by atoms with E-state index in [0.29, 0.717) is 13.2 Å². The molecule has 4 heteroatoms. The highest BCUT2D eigenvalue weighted by Crippen LogP contribution is 2.05. The van der Waals surface area contributed by atoms with Gasteiger partial charge in [-0.05, 0) is 19.9 Å². The van der Waals surface area contributed by atoms with Gasteiger partial charge in [0.2, 0.25) is 0 Å². The zero-order chi connectivity index (χ0) is 10.4. The molecule has 1 unspecified atom stereocenters. The van der Waals surface area contributed by atoms with E-state index in [1.54, 1.807) is 32.4 Å². The molecule has 0 aliphatic rings. The summed E-state index contributed by atoms with van der Waals surface area (Å²) < 4.78 is 14.9. The number of carbonyl (C=O) groups excluding carboxylic acids is 1. The smallest absolute Gasteiger partial charge is 0.334 e. The van der Waals surface area contributed by atoms with Gasteiger partial charge in [-0.2, -0.15) is 0 Å². The first-order valence-electron chi connectivity index (χ1n) is 4.53. The molecule has 0 aromatic carbocycles. The Bertz CT molecular complexity index is 266. The van der Waals surface area contributed by atoms with Gasteiger partial charge in [0, 0.05) is 5.56 Å². The topological polar surface area (TPSA) is 48.7 Å². The fourth-order valence-corrected chi connectivity index (χ4v) is 0.924. The van der Waals surface area contributed by atoms with Crippen molar-refractivity contribution in [3.63, 3.8) is 0 Å². The third kappa shape index (κ3) is 3.22. The van der Waals surface area contributed by atoms with Crippen LogP contribution in [0.4, 0.5) is 0 Å². The number of carbonyl (C=O) groups is 1. The van der Waals surface area contributed by atoms with Crippen LogP contribution in [0.3, 0.4) is 0 Å². The summed E-state index contributed by atoms with van der Waals surface area (Å²) in [6.45, 7) is 4.16. The number of esters is 1. The third-order valence-corrected chi connectivity index (χ3v) is 1.70. The van der Waals surface area contributed by atoms with Gasteiger partial charge in [0.25, 0.3) is 0 Å². The van der Waals surface area contributed by atoms with Crippen molar-refractivity contribution in [2.45, 2.75) is 26.6 Å².